The molecule has 0 aliphatic heterocycles. The van der Waals surface area contributed by atoms with Crippen molar-refractivity contribution in [3.63, 3.8) is 0 Å². The fraction of sp³-hybridized carbons (Fsp3) is 0.800. The van der Waals surface area contributed by atoms with Gasteiger partial charge in [-0.2, -0.15) is 5.10 Å². The number of rotatable bonds is 8. The van der Waals surface area contributed by atoms with Crippen molar-refractivity contribution in [3.8, 4) is 0 Å². The molecule has 0 saturated carbocycles. The first-order valence-electron chi connectivity index (χ1n) is 7.38. The largest absolute Gasteiger partial charge is 0.327 e. The molecule has 0 spiro atoms. The van der Waals surface area contributed by atoms with Gasteiger partial charge in [0.25, 0.3) is 0 Å². The molecule has 0 saturated heterocycles. The summed E-state index contributed by atoms with van der Waals surface area (Å²) in [7, 11) is 0. The number of nitrogens with zero attached hydrogens (tertiary/aromatic N) is 2. The number of aromatic nitrogens is 2. The highest BCUT2D eigenvalue weighted by molar-refractivity contribution is 5.00. The van der Waals surface area contributed by atoms with Gasteiger partial charge in [0.15, 0.2) is 0 Å². The molecule has 0 aromatic carbocycles. The maximum absolute atomic E-state index is 6.05. The van der Waals surface area contributed by atoms with Crippen molar-refractivity contribution in [1.82, 2.24) is 9.78 Å². The van der Waals surface area contributed by atoms with E-state index >= 15 is 0 Å². The molecule has 0 radical (unpaired) electrons. The van der Waals surface area contributed by atoms with Crippen LogP contribution in [-0.4, -0.2) is 15.8 Å². The predicted molar refractivity (Wildman–Crippen MR) is 77.6 cm³/mol. The molecule has 18 heavy (non-hydrogen) atoms. The zero-order valence-electron chi connectivity index (χ0n) is 12.4. The molecule has 3 heteroatoms. The summed E-state index contributed by atoms with van der Waals surface area (Å²) in [6, 6.07) is 3.03. The van der Waals surface area contributed by atoms with Gasteiger partial charge in [0, 0.05) is 12.2 Å². The first-order valence-corrected chi connectivity index (χ1v) is 7.38. The molecule has 0 aliphatic rings. The Morgan fingerprint density at radius 2 is 1.94 bits per heavy atom. The van der Waals surface area contributed by atoms with E-state index in [4.69, 9.17) is 5.73 Å². The van der Waals surface area contributed by atoms with Crippen LogP contribution < -0.4 is 5.73 Å². The topological polar surface area (TPSA) is 43.8 Å². The van der Waals surface area contributed by atoms with E-state index in [0.29, 0.717) is 18.0 Å². The van der Waals surface area contributed by atoms with Crippen LogP contribution >= 0.6 is 0 Å². The van der Waals surface area contributed by atoms with Gasteiger partial charge in [0.2, 0.25) is 0 Å². The molecule has 3 nitrogen and oxygen atoms in total. The van der Waals surface area contributed by atoms with E-state index in [9.17, 15) is 0 Å². The molecular weight excluding hydrogens is 222 g/mol. The van der Waals surface area contributed by atoms with Crippen LogP contribution in [0.15, 0.2) is 12.3 Å². The highest BCUT2D eigenvalue weighted by atomic mass is 15.3. The van der Waals surface area contributed by atoms with E-state index < -0.39 is 0 Å². The second-order valence-electron chi connectivity index (χ2n) is 5.56. The number of aryl methyl sites for hydroxylation is 1. The molecule has 0 bridgehead atoms. The van der Waals surface area contributed by atoms with Gasteiger partial charge in [0.05, 0.1) is 11.7 Å². The van der Waals surface area contributed by atoms with Gasteiger partial charge in [-0.25, -0.2) is 0 Å². The Kier molecular flexibility index (Phi) is 6.41. The molecule has 0 fully saturated rings. The Hall–Kier alpha value is -0.830. The van der Waals surface area contributed by atoms with Crippen molar-refractivity contribution in [1.29, 1.82) is 0 Å². The van der Waals surface area contributed by atoms with E-state index in [-0.39, 0.29) is 0 Å². The minimum absolute atomic E-state index is 0.325. The number of nitrogens with two attached hydrogens (primary N) is 1. The first kappa shape index (κ1) is 15.2. The molecule has 1 aromatic heterocycles. The molecule has 1 aromatic rings. The quantitative estimate of drug-likeness (QED) is 0.768. The van der Waals surface area contributed by atoms with Crippen LogP contribution in [-0.2, 0) is 6.42 Å². The molecular formula is C15H29N3. The Balaban J connectivity index is 2.40. The van der Waals surface area contributed by atoms with Gasteiger partial charge in [-0.3, -0.25) is 4.68 Å². The molecule has 0 amide bonds. The van der Waals surface area contributed by atoms with Crippen LogP contribution in [0.1, 0.15) is 65.1 Å². The standard InChI is InChI=1S/C15H29N3/c1-5-14(6-2)18-11-10-13(17-18)8-7-9-15(16)12(3)4/h10-12,14-15H,5-9,16H2,1-4H3. The minimum Gasteiger partial charge on any atom is -0.327 e. The van der Waals surface area contributed by atoms with Crippen LogP contribution in [0, 0.1) is 5.92 Å². The lowest BCUT2D eigenvalue weighted by molar-refractivity contribution is 0.422. The van der Waals surface area contributed by atoms with Crippen molar-refractivity contribution >= 4 is 0 Å². The van der Waals surface area contributed by atoms with Gasteiger partial charge in [-0.1, -0.05) is 27.7 Å². The third-order valence-corrected chi connectivity index (χ3v) is 3.81. The average molecular weight is 251 g/mol. The summed E-state index contributed by atoms with van der Waals surface area (Å²) in [6.07, 6.45) is 7.70. The van der Waals surface area contributed by atoms with Crippen molar-refractivity contribution in [2.45, 2.75) is 71.9 Å². The van der Waals surface area contributed by atoms with Crippen molar-refractivity contribution in [2.75, 3.05) is 0 Å². The Labute approximate surface area is 112 Å². The second-order valence-corrected chi connectivity index (χ2v) is 5.56. The Morgan fingerprint density at radius 3 is 2.50 bits per heavy atom. The maximum atomic E-state index is 6.05. The Morgan fingerprint density at radius 1 is 1.28 bits per heavy atom. The summed E-state index contributed by atoms with van der Waals surface area (Å²) < 4.78 is 2.12. The zero-order valence-corrected chi connectivity index (χ0v) is 12.4. The molecule has 1 atom stereocenters. The lowest BCUT2D eigenvalue weighted by Gasteiger charge is -2.14. The van der Waals surface area contributed by atoms with Gasteiger partial charge in [-0.05, 0) is 44.1 Å². The third-order valence-electron chi connectivity index (χ3n) is 3.81. The SMILES string of the molecule is CCC(CC)n1ccc(CCCC(N)C(C)C)n1. The summed E-state index contributed by atoms with van der Waals surface area (Å²) in [5, 5.41) is 4.67. The monoisotopic (exact) mass is 251 g/mol. The van der Waals surface area contributed by atoms with Crippen LogP contribution in [0.3, 0.4) is 0 Å². The number of hydrogen-bond donors (Lipinski definition) is 1. The van der Waals surface area contributed by atoms with E-state index in [1.54, 1.807) is 0 Å². The summed E-state index contributed by atoms with van der Waals surface area (Å²) in [6.45, 7) is 8.81. The van der Waals surface area contributed by atoms with Crippen molar-refractivity contribution < 1.29 is 0 Å². The summed E-state index contributed by atoms with van der Waals surface area (Å²) in [5.74, 6) is 0.576. The first-order chi connectivity index (χ1) is 8.58. The highest BCUT2D eigenvalue weighted by Gasteiger charge is 2.09. The molecule has 0 aliphatic carbocycles. The molecule has 1 unspecified atom stereocenters. The zero-order chi connectivity index (χ0) is 13.5. The van der Waals surface area contributed by atoms with Crippen LogP contribution in [0.4, 0.5) is 0 Å². The van der Waals surface area contributed by atoms with Crippen molar-refractivity contribution in [2.24, 2.45) is 11.7 Å². The third kappa shape index (κ3) is 4.45. The van der Waals surface area contributed by atoms with Crippen LogP contribution in [0.5, 0.6) is 0 Å². The normalized spacial score (nSPS) is 13.5. The average Bonchev–Trinajstić information content (AvgIpc) is 2.79. The smallest absolute Gasteiger partial charge is 0.0624 e. The van der Waals surface area contributed by atoms with Gasteiger partial charge < -0.3 is 5.73 Å². The van der Waals surface area contributed by atoms with Gasteiger partial charge in [0.1, 0.15) is 0 Å². The summed E-state index contributed by atoms with van der Waals surface area (Å²) in [4.78, 5) is 0. The molecule has 1 heterocycles. The van der Waals surface area contributed by atoms with Gasteiger partial charge >= 0.3 is 0 Å². The van der Waals surface area contributed by atoms with Crippen LogP contribution in [0.2, 0.25) is 0 Å². The highest BCUT2D eigenvalue weighted by Crippen LogP contribution is 2.15. The maximum Gasteiger partial charge on any atom is 0.0624 e. The van der Waals surface area contributed by atoms with E-state index in [1.165, 1.54) is 5.69 Å². The predicted octanol–water partition coefficient (Wildman–Crippen LogP) is 3.55. The van der Waals surface area contributed by atoms with Crippen molar-refractivity contribution in [3.05, 3.63) is 18.0 Å². The van der Waals surface area contributed by atoms with E-state index in [2.05, 4.69) is 49.7 Å². The number of hydrogen-bond acceptors (Lipinski definition) is 2. The van der Waals surface area contributed by atoms with E-state index in [1.807, 2.05) is 0 Å². The van der Waals surface area contributed by atoms with Crippen LogP contribution in [0.25, 0.3) is 0 Å². The van der Waals surface area contributed by atoms with E-state index in [0.717, 1.165) is 32.1 Å². The molecule has 2 N–H and O–H groups in total. The minimum atomic E-state index is 0.325. The summed E-state index contributed by atoms with van der Waals surface area (Å²) >= 11 is 0. The fourth-order valence-corrected chi connectivity index (χ4v) is 2.23. The lowest BCUT2D eigenvalue weighted by atomic mass is 9.99. The lowest BCUT2D eigenvalue weighted by Crippen LogP contribution is -2.26. The summed E-state index contributed by atoms with van der Waals surface area (Å²) in [5.41, 5.74) is 7.26. The Bertz CT molecular complexity index is 326. The second kappa shape index (κ2) is 7.57. The fourth-order valence-electron chi connectivity index (χ4n) is 2.23. The van der Waals surface area contributed by atoms with Gasteiger partial charge in [-0.15, -0.1) is 0 Å². The molecule has 104 valence electrons. The molecule has 1 rings (SSSR count).